The Bertz CT molecular complexity index is 1000. The molecule has 2 heteroatoms. The van der Waals surface area contributed by atoms with Crippen LogP contribution >= 0.6 is 0 Å². The second kappa shape index (κ2) is 8.56. The van der Waals surface area contributed by atoms with Crippen molar-refractivity contribution in [2.24, 2.45) is 5.92 Å². The van der Waals surface area contributed by atoms with Crippen LogP contribution in [-0.2, 0) is 4.74 Å². The molecule has 0 spiro atoms. The predicted octanol–water partition coefficient (Wildman–Crippen LogP) is 7.30. The molecule has 0 amide bonds. The summed E-state index contributed by atoms with van der Waals surface area (Å²) >= 11 is 0. The molecule has 0 aromatic heterocycles. The van der Waals surface area contributed by atoms with Gasteiger partial charge in [0, 0.05) is 31.3 Å². The highest BCUT2D eigenvalue weighted by atomic mass is 16.5. The van der Waals surface area contributed by atoms with Gasteiger partial charge in [0.05, 0.1) is 0 Å². The summed E-state index contributed by atoms with van der Waals surface area (Å²) < 4.78 is 7.34. The third-order valence-electron chi connectivity index (χ3n) is 8.35. The molecule has 2 heterocycles. The van der Waals surface area contributed by atoms with E-state index in [0.717, 1.165) is 6.42 Å². The lowest BCUT2D eigenvalue weighted by atomic mass is 9.64. The molecule has 2 aromatic rings. The van der Waals surface area contributed by atoms with E-state index < -0.39 is 0 Å². The van der Waals surface area contributed by atoms with Crippen molar-refractivity contribution < 1.29 is 4.74 Å². The van der Waals surface area contributed by atoms with Crippen molar-refractivity contribution in [3.63, 3.8) is 0 Å². The van der Waals surface area contributed by atoms with Gasteiger partial charge in [0.15, 0.2) is 5.72 Å². The lowest BCUT2D eigenvalue weighted by Gasteiger charge is -2.56. The minimum absolute atomic E-state index is 0.124. The van der Waals surface area contributed by atoms with Gasteiger partial charge in [-0.3, -0.25) is 4.90 Å². The maximum absolute atomic E-state index is 7.34. The average Bonchev–Trinajstić information content (AvgIpc) is 3.40. The van der Waals surface area contributed by atoms with Crippen molar-refractivity contribution in [1.82, 2.24) is 4.90 Å². The summed E-state index contributed by atoms with van der Waals surface area (Å²) in [7, 11) is 0. The highest BCUT2D eigenvalue weighted by Gasteiger charge is 2.56. The second-order valence-electron chi connectivity index (χ2n) is 10.2. The Labute approximate surface area is 193 Å². The molecule has 0 bridgehead atoms. The molecule has 2 aliphatic heterocycles. The molecule has 32 heavy (non-hydrogen) atoms. The highest BCUT2D eigenvalue weighted by molar-refractivity contribution is 5.60. The number of fused-ring (bicyclic) bond motifs is 1. The van der Waals surface area contributed by atoms with Gasteiger partial charge in [-0.25, -0.2) is 0 Å². The van der Waals surface area contributed by atoms with Crippen LogP contribution in [0.25, 0.3) is 6.08 Å². The van der Waals surface area contributed by atoms with Gasteiger partial charge in [0.25, 0.3) is 0 Å². The van der Waals surface area contributed by atoms with E-state index in [9.17, 15) is 0 Å². The molecule has 0 radical (unpaired) electrons. The lowest BCUT2D eigenvalue weighted by Crippen LogP contribution is -2.60. The van der Waals surface area contributed by atoms with Gasteiger partial charge in [-0.05, 0) is 73.3 Å². The summed E-state index contributed by atoms with van der Waals surface area (Å²) in [5.74, 6) is 2.30. The Morgan fingerprint density at radius 3 is 2.34 bits per heavy atom. The number of allylic oxidation sites excluding steroid dienone is 2. The molecule has 1 saturated carbocycles. The van der Waals surface area contributed by atoms with Crippen LogP contribution in [0.15, 0.2) is 77.6 Å². The standard InChI is InChI=1S/C30H35NO/c1-3-12-23(13-4-1)22-25-16-11-17-26-28(24-14-5-2-6-15-24)27-18-7-8-19-30(27,32-29(25)26)31-20-9-10-21-31/h1-6,12-15,22,27-28H,7-11,16-21H2/b25-22+/t27-,28+,30-/m1/s1. The zero-order valence-corrected chi connectivity index (χ0v) is 19.1. The van der Waals surface area contributed by atoms with Gasteiger partial charge < -0.3 is 4.74 Å². The van der Waals surface area contributed by atoms with E-state index in [4.69, 9.17) is 4.74 Å². The van der Waals surface area contributed by atoms with E-state index in [1.165, 1.54) is 86.9 Å². The summed E-state index contributed by atoms with van der Waals surface area (Å²) in [5, 5.41) is 0. The minimum Gasteiger partial charge on any atom is -0.472 e. The highest BCUT2D eigenvalue weighted by Crippen LogP contribution is 2.58. The molecule has 4 aliphatic rings. The van der Waals surface area contributed by atoms with Crippen molar-refractivity contribution in [2.45, 2.75) is 69.4 Å². The fourth-order valence-corrected chi connectivity index (χ4v) is 6.99. The van der Waals surface area contributed by atoms with E-state index in [-0.39, 0.29) is 5.72 Å². The average molecular weight is 426 g/mol. The van der Waals surface area contributed by atoms with E-state index in [2.05, 4.69) is 71.6 Å². The first-order valence-electron chi connectivity index (χ1n) is 12.8. The largest absolute Gasteiger partial charge is 0.472 e. The van der Waals surface area contributed by atoms with E-state index in [1.54, 1.807) is 5.57 Å². The number of rotatable bonds is 3. The van der Waals surface area contributed by atoms with Crippen molar-refractivity contribution in [3.8, 4) is 0 Å². The Hall–Kier alpha value is -2.32. The van der Waals surface area contributed by atoms with Crippen molar-refractivity contribution in [1.29, 1.82) is 0 Å². The summed E-state index contributed by atoms with van der Waals surface area (Å²) in [6, 6.07) is 22.2. The Balaban J connectivity index is 1.52. The Morgan fingerprint density at radius 1 is 0.812 bits per heavy atom. The van der Waals surface area contributed by atoms with E-state index in [1.807, 2.05) is 0 Å². The van der Waals surface area contributed by atoms with Crippen LogP contribution in [0.3, 0.4) is 0 Å². The van der Waals surface area contributed by atoms with Crippen molar-refractivity contribution in [3.05, 3.63) is 88.7 Å². The number of ether oxygens (including phenoxy) is 1. The maximum Gasteiger partial charge on any atom is 0.167 e. The molecule has 166 valence electrons. The van der Waals surface area contributed by atoms with Crippen molar-refractivity contribution in [2.75, 3.05) is 13.1 Å². The molecule has 1 saturated heterocycles. The summed E-state index contributed by atoms with van der Waals surface area (Å²) in [4.78, 5) is 2.74. The predicted molar refractivity (Wildman–Crippen MR) is 131 cm³/mol. The number of nitrogens with zero attached hydrogens (tertiary/aromatic N) is 1. The summed E-state index contributed by atoms with van der Waals surface area (Å²) in [6.07, 6.45) is 13.6. The third kappa shape index (κ3) is 3.44. The van der Waals surface area contributed by atoms with Crippen LogP contribution < -0.4 is 0 Å². The first-order chi connectivity index (χ1) is 15.9. The number of likely N-dealkylation sites (tertiary alicyclic amines) is 1. The molecular formula is C30H35NO. The SMILES string of the molecule is C(=C1/CCCC2=C1O[C@]1(N3CCCC3)CCCC[C@@H]1[C@H]2c1ccccc1)/c1ccccc1. The monoisotopic (exact) mass is 425 g/mol. The van der Waals surface area contributed by atoms with Gasteiger partial charge in [-0.1, -0.05) is 67.1 Å². The number of hydrogen-bond donors (Lipinski definition) is 0. The molecule has 6 rings (SSSR count). The molecular weight excluding hydrogens is 390 g/mol. The molecule has 0 unspecified atom stereocenters. The zero-order chi connectivity index (χ0) is 21.4. The second-order valence-corrected chi connectivity index (χ2v) is 10.2. The fraction of sp³-hybridized carbons (Fsp3) is 0.467. The zero-order valence-electron chi connectivity index (χ0n) is 19.1. The molecule has 2 aliphatic carbocycles. The van der Waals surface area contributed by atoms with Gasteiger partial charge in [-0.2, -0.15) is 0 Å². The number of hydrogen-bond acceptors (Lipinski definition) is 2. The van der Waals surface area contributed by atoms with Crippen molar-refractivity contribution >= 4 is 6.08 Å². The molecule has 2 nitrogen and oxygen atoms in total. The van der Waals surface area contributed by atoms with Gasteiger partial charge in [-0.15, -0.1) is 0 Å². The quantitative estimate of drug-likeness (QED) is 0.511. The maximum atomic E-state index is 7.34. The normalized spacial score (nSPS) is 31.8. The van der Waals surface area contributed by atoms with Crippen LogP contribution in [-0.4, -0.2) is 23.7 Å². The fourth-order valence-electron chi connectivity index (χ4n) is 6.99. The molecule has 0 N–H and O–H groups in total. The number of benzene rings is 2. The first kappa shape index (κ1) is 20.3. The van der Waals surface area contributed by atoms with Gasteiger partial charge in [0.1, 0.15) is 5.76 Å². The Morgan fingerprint density at radius 2 is 1.56 bits per heavy atom. The summed E-state index contributed by atoms with van der Waals surface area (Å²) in [6.45, 7) is 2.39. The molecule has 3 atom stereocenters. The van der Waals surface area contributed by atoms with Crippen LogP contribution in [0, 0.1) is 5.92 Å². The van der Waals surface area contributed by atoms with E-state index in [0.29, 0.717) is 11.8 Å². The van der Waals surface area contributed by atoms with Gasteiger partial charge >= 0.3 is 0 Å². The van der Waals surface area contributed by atoms with E-state index >= 15 is 0 Å². The lowest BCUT2D eigenvalue weighted by molar-refractivity contribution is -0.190. The molecule has 2 fully saturated rings. The van der Waals surface area contributed by atoms with Crippen LogP contribution in [0.5, 0.6) is 0 Å². The summed E-state index contributed by atoms with van der Waals surface area (Å²) in [5.41, 5.74) is 5.66. The van der Waals surface area contributed by atoms with Crippen LogP contribution in [0.4, 0.5) is 0 Å². The van der Waals surface area contributed by atoms with Crippen LogP contribution in [0.1, 0.15) is 74.8 Å². The topological polar surface area (TPSA) is 12.5 Å². The van der Waals surface area contributed by atoms with Crippen LogP contribution in [0.2, 0.25) is 0 Å². The Kier molecular flexibility index (Phi) is 5.43. The van der Waals surface area contributed by atoms with Gasteiger partial charge in [0.2, 0.25) is 0 Å². The smallest absolute Gasteiger partial charge is 0.167 e. The third-order valence-corrected chi connectivity index (χ3v) is 8.35. The minimum atomic E-state index is -0.124. The first-order valence-corrected chi connectivity index (χ1v) is 12.8. The molecule has 2 aromatic carbocycles.